The van der Waals surface area contributed by atoms with E-state index in [1.54, 1.807) is 0 Å². The Kier molecular flexibility index (Phi) is 5.26. The Balaban J connectivity index is 1.92. The van der Waals surface area contributed by atoms with E-state index in [2.05, 4.69) is 50.4 Å². The van der Waals surface area contributed by atoms with E-state index < -0.39 is 0 Å². The van der Waals surface area contributed by atoms with Crippen molar-refractivity contribution in [3.8, 4) is 5.75 Å². The maximum atomic E-state index is 6.16. The quantitative estimate of drug-likeness (QED) is 0.760. The summed E-state index contributed by atoms with van der Waals surface area (Å²) < 4.78 is 6.16. The van der Waals surface area contributed by atoms with Gasteiger partial charge >= 0.3 is 0 Å². The van der Waals surface area contributed by atoms with Gasteiger partial charge in [-0.05, 0) is 42.9 Å². The predicted octanol–water partition coefficient (Wildman–Crippen LogP) is 4.11. The molecule has 2 heteroatoms. The van der Waals surface area contributed by atoms with E-state index in [0.717, 1.165) is 24.8 Å². The zero-order chi connectivity index (χ0) is 13.7. The Morgan fingerprint density at radius 3 is 2.74 bits per heavy atom. The van der Waals surface area contributed by atoms with Crippen molar-refractivity contribution in [2.24, 2.45) is 0 Å². The van der Waals surface area contributed by atoms with Crippen molar-refractivity contribution < 1.29 is 4.74 Å². The first-order valence-corrected chi connectivity index (χ1v) is 7.69. The Bertz CT molecular complexity index is 385. The second-order valence-electron chi connectivity index (χ2n) is 5.94. The van der Waals surface area contributed by atoms with Crippen LogP contribution < -0.4 is 10.1 Å². The SMILES string of the molecule is CCCC(CNC1CC1)Oc1cccc(C(C)C)c1. The summed E-state index contributed by atoms with van der Waals surface area (Å²) in [6.45, 7) is 7.64. The third-order valence-electron chi connectivity index (χ3n) is 3.65. The lowest BCUT2D eigenvalue weighted by Gasteiger charge is -2.20. The highest BCUT2D eigenvalue weighted by atomic mass is 16.5. The first-order valence-electron chi connectivity index (χ1n) is 7.69. The van der Waals surface area contributed by atoms with E-state index >= 15 is 0 Å². The van der Waals surface area contributed by atoms with Crippen LogP contribution in [0.25, 0.3) is 0 Å². The lowest BCUT2D eigenvalue weighted by atomic mass is 10.0. The van der Waals surface area contributed by atoms with Gasteiger partial charge in [-0.3, -0.25) is 0 Å². The summed E-state index contributed by atoms with van der Waals surface area (Å²) >= 11 is 0. The molecule has 0 heterocycles. The van der Waals surface area contributed by atoms with Crippen LogP contribution in [0.3, 0.4) is 0 Å². The van der Waals surface area contributed by atoms with Crippen LogP contribution in [0.15, 0.2) is 24.3 Å². The normalized spacial score (nSPS) is 16.6. The van der Waals surface area contributed by atoms with E-state index in [1.807, 2.05) is 0 Å². The van der Waals surface area contributed by atoms with E-state index in [9.17, 15) is 0 Å². The molecule has 1 saturated carbocycles. The number of hydrogen-bond donors (Lipinski definition) is 1. The number of nitrogens with one attached hydrogen (secondary N) is 1. The van der Waals surface area contributed by atoms with E-state index in [4.69, 9.17) is 4.74 Å². The van der Waals surface area contributed by atoms with Crippen molar-refractivity contribution in [1.29, 1.82) is 0 Å². The molecule has 106 valence electrons. The van der Waals surface area contributed by atoms with Gasteiger partial charge in [0.15, 0.2) is 0 Å². The summed E-state index contributed by atoms with van der Waals surface area (Å²) in [4.78, 5) is 0. The van der Waals surface area contributed by atoms with E-state index in [1.165, 1.54) is 24.8 Å². The zero-order valence-electron chi connectivity index (χ0n) is 12.5. The average Bonchev–Trinajstić information content (AvgIpc) is 3.20. The summed E-state index contributed by atoms with van der Waals surface area (Å²) in [6.07, 6.45) is 5.25. The van der Waals surface area contributed by atoms with Crippen LogP contribution in [0.4, 0.5) is 0 Å². The molecule has 0 bridgehead atoms. The first kappa shape index (κ1) is 14.4. The molecule has 0 spiro atoms. The van der Waals surface area contributed by atoms with Crippen LogP contribution in [-0.2, 0) is 0 Å². The molecule has 19 heavy (non-hydrogen) atoms. The number of rotatable bonds is 8. The Morgan fingerprint density at radius 2 is 2.11 bits per heavy atom. The van der Waals surface area contributed by atoms with Gasteiger partial charge in [-0.2, -0.15) is 0 Å². The maximum absolute atomic E-state index is 6.16. The third kappa shape index (κ3) is 4.87. The monoisotopic (exact) mass is 261 g/mol. The molecular formula is C17H27NO. The summed E-state index contributed by atoms with van der Waals surface area (Å²) in [6, 6.07) is 9.29. The summed E-state index contributed by atoms with van der Waals surface area (Å²) in [5, 5.41) is 3.57. The van der Waals surface area contributed by atoms with Gasteiger partial charge in [0, 0.05) is 12.6 Å². The smallest absolute Gasteiger partial charge is 0.120 e. The minimum absolute atomic E-state index is 0.299. The van der Waals surface area contributed by atoms with Crippen molar-refractivity contribution in [3.63, 3.8) is 0 Å². The molecule has 0 saturated heterocycles. The third-order valence-corrected chi connectivity index (χ3v) is 3.65. The molecule has 0 amide bonds. The van der Waals surface area contributed by atoms with Gasteiger partial charge in [-0.15, -0.1) is 0 Å². The van der Waals surface area contributed by atoms with Gasteiger partial charge in [0.25, 0.3) is 0 Å². The number of hydrogen-bond acceptors (Lipinski definition) is 2. The van der Waals surface area contributed by atoms with Gasteiger partial charge in [0.2, 0.25) is 0 Å². The van der Waals surface area contributed by atoms with Crippen LogP contribution in [0.5, 0.6) is 5.75 Å². The van der Waals surface area contributed by atoms with Crippen molar-refractivity contribution in [2.75, 3.05) is 6.54 Å². The van der Waals surface area contributed by atoms with Gasteiger partial charge in [-0.25, -0.2) is 0 Å². The highest BCUT2D eigenvalue weighted by Gasteiger charge is 2.22. The number of benzene rings is 1. The maximum Gasteiger partial charge on any atom is 0.120 e. The summed E-state index contributed by atoms with van der Waals surface area (Å²) in [7, 11) is 0. The topological polar surface area (TPSA) is 21.3 Å². The van der Waals surface area contributed by atoms with Crippen LogP contribution in [0, 0.1) is 0 Å². The molecule has 1 aromatic rings. The average molecular weight is 261 g/mol. The van der Waals surface area contributed by atoms with Crippen LogP contribution >= 0.6 is 0 Å². The molecule has 0 aliphatic heterocycles. The van der Waals surface area contributed by atoms with Gasteiger partial charge in [0.1, 0.15) is 11.9 Å². The molecule has 1 unspecified atom stereocenters. The lowest BCUT2D eigenvalue weighted by Crippen LogP contribution is -2.32. The second-order valence-corrected chi connectivity index (χ2v) is 5.94. The fourth-order valence-corrected chi connectivity index (χ4v) is 2.25. The Hall–Kier alpha value is -1.02. The summed E-state index contributed by atoms with van der Waals surface area (Å²) in [5.74, 6) is 1.57. The Labute approximate surface area is 117 Å². The van der Waals surface area contributed by atoms with Gasteiger partial charge in [-0.1, -0.05) is 39.3 Å². The molecule has 0 aromatic heterocycles. The largest absolute Gasteiger partial charge is 0.489 e. The summed E-state index contributed by atoms with van der Waals surface area (Å²) in [5.41, 5.74) is 1.35. The molecule has 1 aliphatic carbocycles. The standard InChI is InChI=1S/C17H27NO/c1-4-6-17(12-18-15-9-10-15)19-16-8-5-7-14(11-16)13(2)3/h5,7-8,11,13,15,17-18H,4,6,9-10,12H2,1-3H3. The predicted molar refractivity (Wildman–Crippen MR) is 80.9 cm³/mol. The molecule has 1 atom stereocenters. The second kappa shape index (κ2) is 6.95. The highest BCUT2D eigenvalue weighted by molar-refractivity contribution is 5.30. The fraction of sp³-hybridized carbons (Fsp3) is 0.647. The van der Waals surface area contributed by atoms with Crippen LogP contribution in [0.2, 0.25) is 0 Å². The fourth-order valence-electron chi connectivity index (χ4n) is 2.25. The molecule has 2 nitrogen and oxygen atoms in total. The van der Waals surface area contributed by atoms with Crippen molar-refractivity contribution in [2.45, 2.75) is 64.5 Å². The molecular weight excluding hydrogens is 234 g/mol. The first-order chi connectivity index (χ1) is 9.19. The molecule has 1 fully saturated rings. The highest BCUT2D eigenvalue weighted by Crippen LogP contribution is 2.22. The van der Waals surface area contributed by atoms with Gasteiger partial charge in [0.05, 0.1) is 0 Å². The van der Waals surface area contributed by atoms with Crippen molar-refractivity contribution in [1.82, 2.24) is 5.32 Å². The lowest BCUT2D eigenvalue weighted by molar-refractivity contribution is 0.186. The van der Waals surface area contributed by atoms with Crippen LogP contribution in [-0.4, -0.2) is 18.7 Å². The minimum Gasteiger partial charge on any atom is -0.489 e. The zero-order valence-corrected chi connectivity index (χ0v) is 12.5. The molecule has 1 aliphatic rings. The van der Waals surface area contributed by atoms with Crippen LogP contribution in [0.1, 0.15) is 57.9 Å². The minimum atomic E-state index is 0.299. The van der Waals surface area contributed by atoms with E-state index in [0.29, 0.717) is 12.0 Å². The molecule has 0 radical (unpaired) electrons. The van der Waals surface area contributed by atoms with Crippen molar-refractivity contribution in [3.05, 3.63) is 29.8 Å². The van der Waals surface area contributed by atoms with Crippen molar-refractivity contribution >= 4 is 0 Å². The molecule has 1 aromatic carbocycles. The van der Waals surface area contributed by atoms with Gasteiger partial charge < -0.3 is 10.1 Å². The molecule has 1 N–H and O–H groups in total. The van der Waals surface area contributed by atoms with E-state index in [-0.39, 0.29) is 0 Å². The number of ether oxygens (including phenoxy) is 1. The Morgan fingerprint density at radius 1 is 1.32 bits per heavy atom. The molecule has 2 rings (SSSR count).